The molecule has 126 valence electrons. The summed E-state index contributed by atoms with van der Waals surface area (Å²) >= 11 is 9.33. The van der Waals surface area contributed by atoms with Gasteiger partial charge in [-0.25, -0.2) is 4.79 Å². The van der Waals surface area contributed by atoms with E-state index in [0.29, 0.717) is 22.3 Å². The maximum absolute atomic E-state index is 13.6. The molecule has 0 aliphatic carbocycles. The minimum absolute atomic E-state index is 0.0190. The summed E-state index contributed by atoms with van der Waals surface area (Å²) in [4.78, 5) is 11.4. The van der Waals surface area contributed by atoms with Gasteiger partial charge in [-0.05, 0) is 36.6 Å². The van der Waals surface area contributed by atoms with Crippen LogP contribution in [0.1, 0.15) is 24.5 Å². The van der Waals surface area contributed by atoms with E-state index >= 15 is 0 Å². The largest absolute Gasteiger partial charge is 0.478 e. The average Bonchev–Trinajstić information content (AvgIpc) is 2.47. The van der Waals surface area contributed by atoms with E-state index in [1.54, 1.807) is 0 Å². The molecule has 1 aliphatic rings. The van der Waals surface area contributed by atoms with Crippen LogP contribution in [0.25, 0.3) is 6.08 Å². The van der Waals surface area contributed by atoms with Gasteiger partial charge < -0.3 is 9.84 Å². The van der Waals surface area contributed by atoms with Crippen LogP contribution in [0.15, 0.2) is 17.7 Å². The lowest BCUT2D eigenvalue weighted by Gasteiger charge is -2.39. The van der Waals surface area contributed by atoms with Crippen molar-refractivity contribution in [3.63, 3.8) is 0 Å². The standard InChI is InChI=1S/C15H13BrClF3O3/c1-2-14(15(18,19)20)10(13(21)22)7-9-8(5-6-16)11(17)3-4-12(9)23-14/h3-4,7H,2,5-6H2,1H3,(H,21,22). The van der Waals surface area contributed by atoms with Crippen LogP contribution in [0.3, 0.4) is 0 Å². The second-order valence-corrected chi connectivity index (χ2v) is 6.22. The van der Waals surface area contributed by atoms with Crippen LogP contribution in [-0.2, 0) is 11.2 Å². The summed E-state index contributed by atoms with van der Waals surface area (Å²) in [5.74, 6) is -1.69. The fourth-order valence-electron chi connectivity index (χ4n) is 2.62. The first kappa shape index (κ1) is 18.1. The molecule has 1 aliphatic heterocycles. The molecule has 0 aromatic heterocycles. The number of aliphatic carboxylic acids is 1. The van der Waals surface area contributed by atoms with Crippen molar-refractivity contribution in [3.05, 3.63) is 33.9 Å². The van der Waals surface area contributed by atoms with E-state index in [0.717, 1.165) is 6.08 Å². The Morgan fingerprint density at radius 1 is 1.43 bits per heavy atom. The molecular weight excluding hydrogens is 401 g/mol. The molecular formula is C15H13BrClF3O3. The molecule has 0 spiro atoms. The van der Waals surface area contributed by atoms with Gasteiger partial charge in [-0.1, -0.05) is 34.5 Å². The molecule has 1 unspecified atom stereocenters. The third kappa shape index (κ3) is 2.96. The summed E-state index contributed by atoms with van der Waals surface area (Å²) in [6.45, 7) is 1.24. The van der Waals surface area contributed by atoms with Gasteiger partial charge in [0.05, 0.1) is 5.57 Å². The van der Waals surface area contributed by atoms with Gasteiger partial charge in [-0.15, -0.1) is 0 Å². The van der Waals surface area contributed by atoms with Crippen molar-refractivity contribution in [1.29, 1.82) is 0 Å². The second kappa shape index (κ2) is 6.36. The highest BCUT2D eigenvalue weighted by molar-refractivity contribution is 9.09. The van der Waals surface area contributed by atoms with E-state index in [1.807, 2.05) is 0 Å². The van der Waals surface area contributed by atoms with Gasteiger partial charge >= 0.3 is 12.1 Å². The molecule has 0 bridgehead atoms. The van der Waals surface area contributed by atoms with Crippen LogP contribution in [0, 0.1) is 0 Å². The van der Waals surface area contributed by atoms with E-state index < -0.39 is 29.7 Å². The number of hydrogen-bond acceptors (Lipinski definition) is 2. The molecule has 3 nitrogen and oxygen atoms in total. The maximum Gasteiger partial charge on any atom is 0.432 e. The Balaban J connectivity index is 2.75. The molecule has 1 aromatic rings. The summed E-state index contributed by atoms with van der Waals surface area (Å²) in [6, 6.07) is 2.79. The first-order valence-corrected chi connectivity index (χ1v) is 8.26. The lowest BCUT2D eigenvalue weighted by atomic mass is 9.84. The minimum atomic E-state index is -4.86. The van der Waals surface area contributed by atoms with E-state index in [-0.39, 0.29) is 11.3 Å². The van der Waals surface area contributed by atoms with Crippen molar-refractivity contribution in [3.8, 4) is 5.75 Å². The number of rotatable bonds is 4. The number of carbonyl (C=O) groups is 1. The molecule has 1 atom stereocenters. The van der Waals surface area contributed by atoms with Gasteiger partial charge in [0.15, 0.2) is 0 Å². The molecule has 0 radical (unpaired) electrons. The van der Waals surface area contributed by atoms with Crippen molar-refractivity contribution in [2.75, 3.05) is 5.33 Å². The monoisotopic (exact) mass is 412 g/mol. The van der Waals surface area contributed by atoms with Crippen LogP contribution >= 0.6 is 27.5 Å². The van der Waals surface area contributed by atoms with Crippen molar-refractivity contribution in [1.82, 2.24) is 0 Å². The van der Waals surface area contributed by atoms with Gasteiger partial charge in [0, 0.05) is 15.9 Å². The van der Waals surface area contributed by atoms with Crippen LogP contribution in [0.5, 0.6) is 5.75 Å². The van der Waals surface area contributed by atoms with Crippen LogP contribution in [-0.4, -0.2) is 28.2 Å². The Morgan fingerprint density at radius 2 is 2.09 bits per heavy atom. The zero-order valence-electron chi connectivity index (χ0n) is 12.0. The normalized spacial score (nSPS) is 20.5. The van der Waals surface area contributed by atoms with E-state index in [2.05, 4.69) is 15.9 Å². The van der Waals surface area contributed by atoms with Crippen molar-refractivity contribution < 1.29 is 27.8 Å². The molecule has 1 aromatic carbocycles. The Hall–Kier alpha value is -1.21. The zero-order chi connectivity index (χ0) is 17.4. The number of carboxylic acids is 1. The van der Waals surface area contributed by atoms with Gasteiger partial charge in [0.25, 0.3) is 0 Å². The second-order valence-electron chi connectivity index (χ2n) is 5.02. The average molecular weight is 414 g/mol. The first-order chi connectivity index (χ1) is 10.7. The Bertz CT molecular complexity index is 673. The minimum Gasteiger partial charge on any atom is -0.478 e. The fraction of sp³-hybridized carbons (Fsp3) is 0.400. The predicted octanol–water partition coefficient (Wildman–Crippen LogP) is 4.85. The number of carboxylic acid groups (broad SMARTS) is 1. The number of halogens is 5. The lowest BCUT2D eigenvalue weighted by molar-refractivity contribution is -0.236. The number of benzene rings is 1. The molecule has 2 rings (SSSR count). The molecule has 23 heavy (non-hydrogen) atoms. The lowest BCUT2D eigenvalue weighted by Crippen LogP contribution is -2.54. The van der Waals surface area contributed by atoms with E-state index in [9.17, 15) is 23.1 Å². The highest BCUT2D eigenvalue weighted by Gasteiger charge is 2.62. The topological polar surface area (TPSA) is 46.5 Å². The Morgan fingerprint density at radius 3 is 2.57 bits per heavy atom. The maximum atomic E-state index is 13.6. The first-order valence-electron chi connectivity index (χ1n) is 6.76. The zero-order valence-corrected chi connectivity index (χ0v) is 14.3. The van der Waals surface area contributed by atoms with E-state index in [4.69, 9.17) is 16.3 Å². The molecule has 0 fully saturated rings. The summed E-state index contributed by atoms with van der Waals surface area (Å²) in [5, 5.41) is 10.2. The molecule has 0 saturated carbocycles. The fourth-order valence-corrected chi connectivity index (χ4v) is 3.28. The number of fused-ring (bicyclic) bond motifs is 1. The molecule has 8 heteroatoms. The van der Waals surface area contributed by atoms with Crippen molar-refractivity contribution in [2.24, 2.45) is 0 Å². The highest BCUT2D eigenvalue weighted by Crippen LogP contribution is 2.48. The van der Waals surface area contributed by atoms with Gasteiger partial charge in [-0.2, -0.15) is 13.2 Å². The quantitative estimate of drug-likeness (QED) is 0.718. The van der Waals surface area contributed by atoms with Crippen LogP contribution < -0.4 is 4.74 Å². The Labute approximate surface area is 144 Å². The summed E-state index contributed by atoms with van der Waals surface area (Å²) < 4.78 is 45.9. The molecule has 1 N–H and O–H groups in total. The molecule has 0 amide bonds. The third-order valence-electron chi connectivity index (χ3n) is 3.80. The van der Waals surface area contributed by atoms with Gasteiger partial charge in [0.1, 0.15) is 5.75 Å². The summed E-state index contributed by atoms with van der Waals surface area (Å²) in [7, 11) is 0. The van der Waals surface area contributed by atoms with Crippen LogP contribution in [0.4, 0.5) is 13.2 Å². The summed E-state index contributed by atoms with van der Waals surface area (Å²) in [5.41, 5.74) is -2.88. The number of ether oxygens (including phenoxy) is 1. The molecule has 1 heterocycles. The Kier molecular flexibility index (Phi) is 5.01. The van der Waals surface area contributed by atoms with Crippen molar-refractivity contribution in [2.45, 2.75) is 31.5 Å². The highest BCUT2D eigenvalue weighted by atomic mass is 79.9. The van der Waals surface area contributed by atoms with Crippen molar-refractivity contribution >= 4 is 39.6 Å². The van der Waals surface area contributed by atoms with Gasteiger partial charge in [-0.3, -0.25) is 0 Å². The number of hydrogen-bond donors (Lipinski definition) is 1. The number of alkyl halides is 4. The SMILES string of the molecule is CCC1(C(F)(F)F)Oc2ccc(Cl)c(CCBr)c2C=C1C(=O)O. The van der Waals surface area contributed by atoms with E-state index in [1.165, 1.54) is 19.1 Å². The third-order valence-corrected chi connectivity index (χ3v) is 4.55. The van der Waals surface area contributed by atoms with Crippen LogP contribution in [0.2, 0.25) is 5.02 Å². The molecule has 0 saturated heterocycles. The van der Waals surface area contributed by atoms with Gasteiger partial charge in [0.2, 0.25) is 5.60 Å². The smallest absolute Gasteiger partial charge is 0.432 e. The predicted molar refractivity (Wildman–Crippen MR) is 84.3 cm³/mol. The summed E-state index contributed by atoms with van der Waals surface area (Å²) in [6.07, 6.45) is -3.95.